The second kappa shape index (κ2) is 4.04. The van der Waals surface area contributed by atoms with Crippen molar-refractivity contribution in [3.05, 3.63) is 23.3 Å². The second-order valence-electron chi connectivity index (χ2n) is 5.97. The monoisotopic (exact) mass is 262 g/mol. The van der Waals surface area contributed by atoms with Crippen molar-refractivity contribution < 1.29 is 19.4 Å². The number of ether oxygens (including phenoxy) is 1. The summed E-state index contributed by atoms with van der Waals surface area (Å²) >= 11 is 0. The van der Waals surface area contributed by atoms with Gasteiger partial charge in [0.25, 0.3) is 0 Å². The molecule has 0 bridgehead atoms. The van der Waals surface area contributed by atoms with Gasteiger partial charge in [0, 0.05) is 12.0 Å². The molecule has 19 heavy (non-hydrogen) atoms. The maximum atomic E-state index is 11.9. The summed E-state index contributed by atoms with van der Waals surface area (Å²) in [6.07, 6.45) is -0.0650. The van der Waals surface area contributed by atoms with Crippen molar-refractivity contribution >= 4 is 11.8 Å². The van der Waals surface area contributed by atoms with Gasteiger partial charge in [-0.25, -0.2) is 4.79 Å². The van der Waals surface area contributed by atoms with Crippen LogP contribution in [0.1, 0.15) is 26.7 Å². The normalized spacial score (nSPS) is 42.1. The molecule has 4 heteroatoms. The first-order valence-corrected chi connectivity index (χ1v) is 6.73. The van der Waals surface area contributed by atoms with Gasteiger partial charge in [0.1, 0.15) is 6.10 Å². The van der Waals surface area contributed by atoms with E-state index in [1.165, 1.54) is 0 Å². The third-order valence-electron chi connectivity index (χ3n) is 4.90. The molecular weight excluding hydrogens is 244 g/mol. The molecule has 1 aliphatic heterocycles. The number of aliphatic hydroxyl groups is 1. The number of esters is 1. The summed E-state index contributed by atoms with van der Waals surface area (Å²) in [7, 11) is 0. The molecule has 1 N–H and O–H groups in total. The van der Waals surface area contributed by atoms with Crippen molar-refractivity contribution in [3.8, 4) is 0 Å². The van der Waals surface area contributed by atoms with E-state index < -0.39 is 24.1 Å². The lowest BCUT2D eigenvalue weighted by Gasteiger charge is -2.22. The van der Waals surface area contributed by atoms with Crippen LogP contribution in [0.4, 0.5) is 0 Å². The van der Waals surface area contributed by atoms with Crippen LogP contribution in [0.2, 0.25) is 0 Å². The summed E-state index contributed by atoms with van der Waals surface area (Å²) in [4.78, 5) is 23.7. The maximum absolute atomic E-state index is 11.9. The van der Waals surface area contributed by atoms with E-state index in [0.29, 0.717) is 24.0 Å². The molecule has 3 aliphatic rings. The molecule has 2 aliphatic carbocycles. The fraction of sp³-hybridized carbons (Fsp3) is 0.600. The predicted molar refractivity (Wildman–Crippen MR) is 68.1 cm³/mol. The van der Waals surface area contributed by atoms with Gasteiger partial charge < -0.3 is 9.84 Å². The Labute approximate surface area is 112 Å². The van der Waals surface area contributed by atoms with Crippen molar-refractivity contribution in [2.75, 3.05) is 0 Å². The molecule has 0 aromatic heterocycles. The van der Waals surface area contributed by atoms with Gasteiger partial charge in [0.2, 0.25) is 0 Å². The Hall–Kier alpha value is -1.42. The van der Waals surface area contributed by atoms with Crippen LogP contribution in [0.5, 0.6) is 0 Å². The Morgan fingerprint density at radius 1 is 1.37 bits per heavy atom. The average molecular weight is 262 g/mol. The largest absolute Gasteiger partial charge is 0.454 e. The number of hydrogen-bond donors (Lipinski definition) is 1. The lowest BCUT2D eigenvalue weighted by Crippen LogP contribution is -2.29. The van der Waals surface area contributed by atoms with Crippen LogP contribution in [0.15, 0.2) is 23.3 Å². The van der Waals surface area contributed by atoms with Crippen LogP contribution < -0.4 is 0 Å². The van der Waals surface area contributed by atoms with Gasteiger partial charge in [-0.05, 0) is 36.3 Å². The molecule has 1 saturated carbocycles. The smallest absolute Gasteiger partial charge is 0.334 e. The minimum Gasteiger partial charge on any atom is -0.454 e. The van der Waals surface area contributed by atoms with E-state index in [9.17, 15) is 14.7 Å². The van der Waals surface area contributed by atoms with Crippen molar-refractivity contribution in [3.63, 3.8) is 0 Å². The zero-order chi connectivity index (χ0) is 13.9. The van der Waals surface area contributed by atoms with Gasteiger partial charge in [-0.2, -0.15) is 0 Å². The Balaban J connectivity index is 2.12. The Bertz CT molecular complexity index is 516. The molecule has 5 atom stereocenters. The summed E-state index contributed by atoms with van der Waals surface area (Å²) in [5.41, 5.74) is 1.97. The van der Waals surface area contributed by atoms with Gasteiger partial charge >= 0.3 is 5.97 Å². The number of fused-ring (bicyclic) bond motifs is 3. The minimum absolute atomic E-state index is 0.0934. The van der Waals surface area contributed by atoms with Crippen LogP contribution in [-0.4, -0.2) is 29.1 Å². The Morgan fingerprint density at radius 3 is 2.74 bits per heavy atom. The Kier molecular flexibility index (Phi) is 2.68. The molecule has 4 nitrogen and oxygen atoms in total. The van der Waals surface area contributed by atoms with E-state index >= 15 is 0 Å². The fourth-order valence-electron chi connectivity index (χ4n) is 3.80. The van der Waals surface area contributed by atoms with E-state index in [-0.39, 0.29) is 17.6 Å². The zero-order valence-electron chi connectivity index (χ0n) is 11.2. The molecule has 1 saturated heterocycles. The van der Waals surface area contributed by atoms with E-state index in [2.05, 4.69) is 6.58 Å². The van der Waals surface area contributed by atoms with Crippen molar-refractivity contribution in [1.82, 2.24) is 0 Å². The van der Waals surface area contributed by atoms with Gasteiger partial charge in [-0.3, -0.25) is 4.79 Å². The van der Waals surface area contributed by atoms with Gasteiger partial charge in [-0.1, -0.05) is 13.5 Å². The summed E-state index contributed by atoms with van der Waals surface area (Å²) in [6.45, 7) is 7.60. The standard InChI is InChI=1S/C15H18O4/c1-6-4-11(17)13-8(3)15(18)19-14(13)12-7(2)10(16)5-9(6)12/h6,9,11,13-14,17H,3-5H2,1-2H3/t6-,9-,11+,13+,14-/m1/s1. The number of aliphatic hydroxyl groups excluding tert-OH is 1. The molecule has 1 heterocycles. The van der Waals surface area contributed by atoms with E-state index in [4.69, 9.17) is 4.74 Å². The molecule has 102 valence electrons. The first kappa shape index (κ1) is 12.6. The van der Waals surface area contributed by atoms with E-state index in [0.717, 1.165) is 5.57 Å². The predicted octanol–water partition coefficient (Wildman–Crippen LogP) is 1.39. The van der Waals surface area contributed by atoms with Crippen LogP contribution >= 0.6 is 0 Å². The van der Waals surface area contributed by atoms with Crippen LogP contribution in [-0.2, 0) is 14.3 Å². The zero-order valence-corrected chi connectivity index (χ0v) is 11.2. The summed E-state index contributed by atoms with van der Waals surface area (Å²) < 4.78 is 5.40. The maximum Gasteiger partial charge on any atom is 0.334 e. The molecule has 0 aromatic carbocycles. The highest BCUT2D eigenvalue weighted by molar-refractivity contribution is 6.00. The van der Waals surface area contributed by atoms with Crippen molar-refractivity contribution in [2.24, 2.45) is 17.8 Å². The first-order chi connectivity index (χ1) is 8.91. The topological polar surface area (TPSA) is 63.6 Å². The van der Waals surface area contributed by atoms with Gasteiger partial charge in [-0.15, -0.1) is 0 Å². The number of carbonyl (C=O) groups excluding carboxylic acids is 2. The van der Waals surface area contributed by atoms with Crippen molar-refractivity contribution in [2.45, 2.75) is 38.9 Å². The highest BCUT2D eigenvalue weighted by Crippen LogP contribution is 2.49. The quantitative estimate of drug-likeness (QED) is 0.529. The molecule has 0 aromatic rings. The Morgan fingerprint density at radius 2 is 2.05 bits per heavy atom. The summed E-state index contributed by atoms with van der Waals surface area (Å²) in [6, 6.07) is 0. The number of allylic oxidation sites excluding steroid dienone is 1. The molecule has 0 spiro atoms. The van der Waals surface area contributed by atoms with E-state index in [1.54, 1.807) is 6.92 Å². The second-order valence-corrected chi connectivity index (χ2v) is 5.97. The lowest BCUT2D eigenvalue weighted by molar-refractivity contribution is -0.138. The van der Waals surface area contributed by atoms with Crippen LogP contribution in [0.25, 0.3) is 0 Å². The van der Waals surface area contributed by atoms with Crippen molar-refractivity contribution in [1.29, 1.82) is 0 Å². The molecule has 2 fully saturated rings. The molecular formula is C15H18O4. The number of Topliss-reactive ketones (excluding diaryl/α,β-unsaturated/α-hetero) is 1. The highest BCUT2D eigenvalue weighted by atomic mass is 16.6. The number of ketones is 1. The van der Waals surface area contributed by atoms with Gasteiger partial charge in [0.15, 0.2) is 5.78 Å². The van der Waals surface area contributed by atoms with E-state index in [1.807, 2.05) is 6.92 Å². The number of carbonyl (C=O) groups is 2. The minimum atomic E-state index is -0.625. The van der Waals surface area contributed by atoms with Crippen LogP contribution in [0.3, 0.4) is 0 Å². The SMILES string of the molecule is C=C1C(=O)O[C@@H]2C3=C(C)C(=O)C[C@@H]3[C@H](C)C[C@H](O)[C@H]12. The third-order valence-corrected chi connectivity index (χ3v) is 4.90. The van der Waals surface area contributed by atoms with Crippen LogP contribution in [0, 0.1) is 17.8 Å². The first-order valence-electron chi connectivity index (χ1n) is 6.73. The summed E-state index contributed by atoms with van der Waals surface area (Å²) in [5, 5.41) is 10.3. The summed E-state index contributed by atoms with van der Waals surface area (Å²) in [5.74, 6) is -0.396. The fourth-order valence-corrected chi connectivity index (χ4v) is 3.80. The number of hydrogen-bond acceptors (Lipinski definition) is 4. The third kappa shape index (κ3) is 1.62. The molecule has 0 amide bonds. The molecule has 0 unspecified atom stereocenters. The number of rotatable bonds is 0. The average Bonchev–Trinajstić information content (AvgIpc) is 2.75. The molecule has 3 rings (SSSR count). The lowest BCUT2D eigenvalue weighted by atomic mass is 9.85. The highest BCUT2D eigenvalue weighted by Gasteiger charge is 2.52. The molecule has 0 radical (unpaired) electrons. The van der Waals surface area contributed by atoms with Gasteiger partial charge in [0.05, 0.1) is 12.0 Å².